The summed E-state index contributed by atoms with van der Waals surface area (Å²) in [4.78, 5) is 11.4. The fourth-order valence-corrected chi connectivity index (χ4v) is 1.28. The lowest BCUT2D eigenvalue weighted by molar-refractivity contribution is -0.121. The van der Waals surface area contributed by atoms with Gasteiger partial charge in [-0.25, -0.2) is 0 Å². The zero-order valence-electron chi connectivity index (χ0n) is 10.3. The van der Waals surface area contributed by atoms with Gasteiger partial charge in [0.05, 0.1) is 26.4 Å². The molecule has 5 nitrogen and oxygen atoms in total. The lowest BCUT2D eigenvalue weighted by Gasteiger charge is -2.14. The number of hydrogen-bond acceptors (Lipinski definition) is 4. The molecule has 0 radical (unpaired) electrons. The van der Waals surface area contributed by atoms with Crippen molar-refractivity contribution < 1.29 is 14.6 Å². The summed E-state index contributed by atoms with van der Waals surface area (Å²) >= 11 is 0. The number of hydrogen-bond donors (Lipinski definition) is 3. The van der Waals surface area contributed by atoms with Gasteiger partial charge in [-0.15, -0.1) is 0 Å². The quantitative estimate of drug-likeness (QED) is 0.460. The number of carbonyl (C=O) groups is 1. The Morgan fingerprint density at radius 3 is 2.56 bits per heavy atom. The molecule has 0 aliphatic heterocycles. The van der Waals surface area contributed by atoms with Gasteiger partial charge in [-0.3, -0.25) is 4.79 Å². The molecule has 0 fully saturated rings. The molecule has 5 heteroatoms. The zero-order valence-corrected chi connectivity index (χ0v) is 10.3. The summed E-state index contributed by atoms with van der Waals surface area (Å²) in [5.41, 5.74) is 0. The van der Waals surface area contributed by atoms with Crippen LogP contribution in [0.3, 0.4) is 0 Å². The van der Waals surface area contributed by atoms with E-state index < -0.39 is 0 Å². The van der Waals surface area contributed by atoms with Crippen molar-refractivity contribution in [3.05, 3.63) is 0 Å². The fourth-order valence-electron chi connectivity index (χ4n) is 1.28. The Morgan fingerprint density at radius 1 is 1.31 bits per heavy atom. The maximum Gasteiger partial charge on any atom is 0.234 e. The first-order chi connectivity index (χ1) is 7.74. The van der Waals surface area contributed by atoms with Crippen molar-refractivity contribution in [3.8, 4) is 0 Å². The Hall–Kier alpha value is -0.650. The van der Waals surface area contributed by atoms with Crippen molar-refractivity contribution in [2.24, 2.45) is 0 Å². The molecule has 0 aromatic carbocycles. The highest BCUT2D eigenvalue weighted by atomic mass is 16.5. The average molecular weight is 232 g/mol. The number of rotatable bonds is 10. The predicted octanol–water partition coefficient (Wildman–Crippen LogP) is -0.110. The minimum Gasteiger partial charge on any atom is -0.394 e. The summed E-state index contributed by atoms with van der Waals surface area (Å²) in [5, 5.41) is 14.4. The number of ether oxygens (including phenoxy) is 1. The van der Waals surface area contributed by atoms with Crippen LogP contribution in [0, 0.1) is 0 Å². The second kappa shape index (κ2) is 10.9. The highest BCUT2D eigenvalue weighted by molar-refractivity contribution is 5.78. The van der Waals surface area contributed by atoms with Crippen LogP contribution in [0.15, 0.2) is 0 Å². The van der Waals surface area contributed by atoms with Crippen molar-refractivity contribution in [1.29, 1.82) is 0 Å². The summed E-state index contributed by atoms with van der Waals surface area (Å²) in [6.07, 6.45) is 1.92. The molecule has 0 saturated heterocycles. The third kappa shape index (κ3) is 8.64. The Labute approximate surface area is 97.6 Å². The van der Waals surface area contributed by atoms with Crippen LogP contribution < -0.4 is 10.6 Å². The third-order valence-corrected chi connectivity index (χ3v) is 2.30. The van der Waals surface area contributed by atoms with E-state index in [9.17, 15) is 4.79 Å². The van der Waals surface area contributed by atoms with E-state index in [2.05, 4.69) is 24.5 Å². The van der Waals surface area contributed by atoms with Crippen LogP contribution in [0.2, 0.25) is 0 Å². The van der Waals surface area contributed by atoms with Crippen LogP contribution in [0.4, 0.5) is 0 Å². The molecule has 0 saturated carbocycles. The van der Waals surface area contributed by atoms with E-state index in [0.29, 0.717) is 26.3 Å². The van der Waals surface area contributed by atoms with Crippen LogP contribution in [-0.2, 0) is 9.53 Å². The largest absolute Gasteiger partial charge is 0.394 e. The minimum absolute atomic E-state index is 0.0239. The van der Waals surface area contributed by atoms with Crippen LogP contribution in [0.1, 0.15) is 26.7 Å². The lowest BCUT2D eigenvalue weighted by atomic mass is 10.2. The third-order valence-electron chi connectivity index (χ3n) is 2.30. The number of amides is 1. The average Bonchev–Trinajstić information content (AvgIpc) is 2.30. The number of nitrogens with one attached hydrogen (secondary N) is 2. The molecule has 16 heavy (non-hydrogen) atoms. The lowest BCUT2D eigenvalue weighted by Crippen LogP contribution is -2.40. The molecule has 0 aliphatic carbocycles. The maximum atomic E-state index is 11.4. The molecule has 0 rings (SSSR count). The number of carbonyl (C=O) groups excluding carboxylic acids is 1. The second-order valence-corrected chi connectivity index (χ2v) is 3.59. The molecular weight excluding hydrogens is 208 g/mol. The first-order valence-electron chi connectivity index (χ1n) is 5.93. The van der Waals surface area contributed by atoms with Crippen LogP contribution in [0.5, 0.6) is 0 Å². The fraction of sp³-hybridized carbons (Fsp3) is 0.909. The van der Waals surface area contributed by atoms with E-state index in [0.717, 1.165) is 12.8 Å². The van der Waals surface area contributed by atoms with E-state index in [-0.39, 0.29) is 18.6 Å². The maximum absolute atomic E-state index is 11.4. The van der Waals surface area contributed by atoms with Crippen LogP contribution >= 0.6 is 0 Å². The Bertz CT molecular complexity index is 173. The van der Waals surface area contributed by atoms with Gasteiger partial charge in [-0.2, -0.15) is 0 Å². The Morgan fingerprint density at radius 2 is 2.00 bits per heavy atom. The Kier molecular flexibility index (Phi) is 10.4. The van der Waals surface area contributed by atoms with Gasteiger partial charge in [0.2, 0.25) is 5.91 Å². The van der Waals surface area contributed by atoms with E-state index in [1.165, 1.54) is 0 Å². The highest BCUT2D eigenvalue weighted by Gasteiger charge is 2.06. The van der Waals surface area contributed by atoms with Crippen molar-refractivity contribution >= 4 is 5.91 Å². The van der Waals surface area contributed by atoms with Crippen LogP contribution in [-0.4, -0.2) is 50.0 Å². The topological polar surface area (TPSA) is 70.6 Å². The molecular formula is C11H24N2O3. The second-order valence-electron chi connectivity index (χ2n) is 3.59. The number of aliphatic hydroxyl groups excluding tert-OH is 1. The normalized spacial score (nSPS) is 10.8. The summed E-state index contributed by atoms with van der Waals surface area (Å²) < 4.78 is 5.04. The predicted molar refractivity (Wildman–Crippen MR) is 63.3 cm³/mol. The van der Waals surface area contributed by atoms with E-state index >= 15 is 0 Å². The summed E-state index contributed by atoms with van der Waals surface area (Å²) in [5.74, 6) is 0.0239. The summed E-state index contributed by atoms with van der Waals surface area (Å²) in [6, 6.07) is 0.278. The molecule has 96 valence electrons. The molecule has 1 amide bonds. The van der Waals surface area contributed by atoms with E-state index in [1.54, 1.807) is 0 Å². The molecule has 0 unspecified atom stereocenters. The van der Waals surface area contributed by atoms with Crippen molar-refractivity contribution in [2.45, 2.75) is 32.7 Å². The first-order valence-corrected chi connectivity index (χ1v) is 5.93. The van der Waals surface area contributed by atoms with Gasteiger partial charge in [0.25, 0.3) is 0 Å². The molecule has 0 aromatic rings. The van der Waals surface area contributed by atoms with Crippen molar-refractivity contribution in [1.82, 2.24) is 10.6 Å². The molecule has 0 spiro atoms. The van der Waals surface area contributed by atoms with Gasteiger partial charge in [-0.05, 0) is 12.8 Å². The SMILES string of the molecule is CCC(CC)NC(=O)CNCCOCCO. The van der Waals surface area contributed by atoms with Gasteiger partial charge >= 0.3 is 0 Å². The molecule has 0 atom stereocenters. The standard InChI is InChI=1S/C11H24N2O3/c1-3-10(4-2)13-11(15)9-12-5-7-16-8-6-14/h10,12,14H,3-9H2,1-2H3,(H,13,15). The Balaban J connectivity index is 3.36. The first kappa shape index (κ1) is 15.3. The van der Waals surface area contributed by atoms with Gasteiger partial charge in [0, 0.05) is 12.6 Å². The van der Waals surface area contributed by atoms with Gasteiger partial charge < -0.3 is 20.5 Å². The molecule has 0 aliphatic rings. The minimum atomic E-state index is 0.0239. The summed E-state index contributed by atoms with van der Waals surface area (Å²) in [7, 11) is 0. The highest BCUT2D eigenvalue weighted by Crippen LogP contribution is 1.94. The van der Waals surface area contributed by atoms with E-state index in [1.807, 2.05) is 0 Å². The monoisotopic (exact) mass is 232 g/mol. The number of aliphatic hydroxyl groups is 1. The van der Waals surface area contributed by atoms with E-state index in [4.69, 9.17) is 9.84 Å². The van der Waals surface area contributed by atoms with Crippen molar-refractivity contribution in [3.63, 3.8) is 0 Å². The van der Waals surface area contributed by atoms with Crippen molar-refractivity contribution in [2.75, 3.05) is 32.9 Å². The molecule has 0 heterocycles. The molecule has 3 N–H and O–H groups in total. The zero-order chi connectivity index (χ0) is 12.2. The molecule has 0 bridgehead atoms. The van der Waals surface area contributed by atoms with Crippen LogP contribution in [0.25, 0.3) is 0 Å². The molecule has 0 aromatic heterocycles. The summed E-state index contributed by atoms with van der Waals surface area (Å²) in [6.45, 7) is 5.96. The van der Waals surface area contributed by atoms with Gasteiger partial charge in [0.15, 0.2) is 0 Å². The smallest absolute Gasteiger partial charge is 0.234 e. The van der Waals surface area contributed by atoms with Gasteiger partial charge in [0.1, 0.15) is 0 Å². The van der Waals surface area contributed by atoms with Gasteiger partial charge in [-0.1, -0.05) is 13.8 Å².